The number of nitrogens with zero attached hydrogens (tertiary/aromatic N) is 1. The second kappa shape index (κ2) is 7.64. The number of sulfone groups is 1. The van der Waals surface area contributed by atoms with E-state index in [-0.39, 0.29) is 26.9 Å². The standard InChI is InChI=1S/C21H18Cl2N2O5S2/c1-25-18-10-6-5-9-14(18)20(21(25,32(28,29)30)13-7-3-2-4-8-13)31(26,27)19-12-15(22)17(24)11-16(19)23/h2-12,20H,24H2,1H3,(H,28,29,30). The molecule has 32 heavy (non-hydrogen) atoms. The van der Waals surface area contributed by atoms with Crippen molar-refractivity contribution in [3.8, 4) is 0 Å². The monoisotopic (exact) mass is 512 g/mol. The van der Waals surface area contributed by atoms with Crippen LogP contribution in [0.4, 0.5) is 11.4 Å². The van der Waals surface area contributed by atoms with E-state index in [1.165, 1.54) is 36.2 Å². The number of halogens is 2. The Hall–Kier alpha value is -2.30. The van der Waals surface area contributed by atoms with Gasteiger partial charge in [-0.3, -0.25) is 4.55 Å². The molecular formula is C21H18Cl2N2O5S2. The number of hydrogen-bond acceptors (Lipinski definition) is 6. The molecule has 3 N–H and O–H groups in total. The Balaban J connectivity index is 2.16. The molecule has 7 nitrogen and oxygen atoms in total. The van der Waals surface area contributed by atoms with Crippen LogP contribution in [0.2, 0.25) is 10.0 Å². The highest BCUT2D eigenvalue weighted by molar-refractivity contribution is 7.94. The van der Waals surface area contributed by atoms with Crippen LogP contribution in [0.15, 0.2) is 71.6 Å². The molecule has 11 heteroatoms. The van der Waals surface area contributed by atoms with E-state index in [1.54, 1.807) is 36.4 Å². The first-order valence-electron chi connectivity index (χ1n) is 9.27. The Morgan fingerprint density at radius 2 is 1.53 bits per heavy atom. The third kappa shape index (κ3) is 3.11. The summed E-state index contributed by atoms with van der Waals surface area (Å²) >= 11 is 12.3. The van der Waals surface area contributed by atoms with Gasteiger partial charge in [-0.1, -0.05) is 71.7 Å². The summed E-state index contributed by atoms with van der Waals surface area (Å²) < 4.78 is 65.0. The fourth-order valence-electron chi connectivity index (χ4n) is 4.33. The molecule has 0 saturated heterocycles. The molecule has 2 unspecified atom stereocenters. The molecule has 4 rings (SSSR count). The second-order valence-electron chi connectivity index (χ2n) is 7.38. The van der Waals surface area contributed by atoms with Crippen molar-refractivity contribution in [3.05, 3.63) is 87.9 Å². The first kappa shape index (κ1) is 22.9. The molecule has 3 aromatic carbocycles. The third-order valence-corrected chi connectivity index (χ3v) is 10.3. The summed E-state index contributed by atoms with van der Waals surface area (Å²) in [6.45, 7) is 0. The molecule has 1 heterocycles. The number of likely N-dealkylation sites (N-methyl/N-ethyl adjacent to an activating group) is 1. The SMILES string of the molecule is CN1c2ccccc2C(S(=O)(=O)c2cc(Cl)c(N)cc2Cl)C1(c1ccccc1)S(=O)(=O)O. The average molecular weight is 513 g/mol. The van der Waals surface area contributed by atoms with E-state index < -0.39 is 35.0 Å². The van der Waals surface area contributed by atoms with E-state index in [1.807, 2.05) is 0 Å². The number of hydrogen-bond donors (Lipinski definition) is 2. The van der Waals surface area contributed by atoms with Gasteiger partial charge in [0.25, 0.3) is 10.1 Å². The summed E-state index contributed by atoms with van der Waals surface area (Å²) in [5.74, 6) is 0. The van der Waals surface area contributed by atoms with Crippen molar-refractivity contribution in [2.45, 2.75) is 15.0 Å². The molecular weight excluding hydrogens is 495 g/mol. The predicted molar refractivity (Wildman–Crippen MR) is 125 cm³/mol. The fourth-order valence-corrected chi connectivity index (χ4v) is 9.18. The van der Waals surface area contributed by atoms with Crippen LogP contribution in [0.5, 0.6) is 0 Å². The molecule has 2 atom stereocenters. The first-order chi connectivity index (χ1) is 14.9. The maximum absolute atomic E-state index is 14.1. The van der Waals surface area contributed by atoms with E-state index in [0.717, 1.165) is 6.07 Å². The van der Waals surface area contributed by atoms with Gasteiger partial charge >= 0.3 is 0 Å². The predicted octanol–water partition coefficient (Wildman–Crippen LogP) is 4.28. The summed E-state index contributed by atoms with van der Waals surface area (Å²) in [7, 11) is -8.18. The van der Waals surface area contributed by atoms with E-state index in [4.69, 9.17) is 28.9 Å². The van der Waals surface area contributed by atoms with Gasteiger partial charge in [-0.25, -0.2) is 8.42 Å². The van der Waals surface area contributed by atoms with Crippen LogP contribution in [0.1, 0.15) is 16.4 Å². The third-order valence-electron chi connectivity index (χ3n) is 5.68. The van der Waals surface area contributed by atoms with Crippen LogP contribution < -0.4 is 10.6 Å². The molecule has 1 aliphatic rings. The zero-order valence-corrected chi connectivity index (χ0v) is 19.8. The van der Waals surface area contributed by atoms with Crippen LogP contribution in [0.25, 0.3) is 0 Å². The van der Waals surface area contributed by atoms with Crippen LogP contribution in [0.3, 0.4) is 0 Å². The quantitative estimate of drug-likeness (QED) is 0.395. The topological polar surface area (TPSA) is 118 Å². The summed E-state index contributed by atoms with van der Waals surface area (Å²) in [5.41, 5.74) is 6.42. The van der Waals surface area contributed by atoms with Gasteiger partial charge in [-0.05, 0) is 29.3 Å². The molecule has 0 bridgehead atoms. The number of nitrogen functional groups attached to an aromatic ring is 1. The molecule has 3 aromatic rings. The normalized spacial score (nSPS) is 20.9. The fraction of sp³-hybridized carbons (Fsp3) is 0.143. The Bertz CT molecular complexity index is 1430. The Labute approximate surface area is 196 Å². The van der Waals surface area contributed by atoms with Crippen molar-refractivity contribution in [1.82, 2.24) is 0 Å². The van der Waals surface area contributed by atoms with E-state index in [0.29, 0.717) is 5.69 Å². The van der Waals surface area contributed by atoms with Gasteiger partial charge in [0, 0.05) is 12.7 Å². The van der Waals surface area contributed by atoms with Crippen molar-refractivity contribution in [1.29, 1.82) is 0 Å². The van der Waals surface area contributed by atoms with Gasteiger partial charge in [0.05, 0.1) is 20.6 Å². The summed E-state index contributed by atoms with van der Waals surface area (Å²) in [5, 5.41) is -2.02. The van der Waals surface area contributed by atoms with E-state index in [9.17, 15) is 21.4 Å². The second-order valence-corrected chi connectivity index (χ2v) is 11.8. The highest BCUT2D eigenvalue weighted by Crippen LogP contribution is 2.59. The number of para-hydroxylation sites is 1. The minimum absolute atomic E-state index is 0.0511. The maximum atomic E-state index is 14.1. The highest BCUT2D eigenvalue weighted by atomic mass is 35.5. The van der Waals surface area contributed by atoms with Gasteiger partial charge in [0.15, 0.2) is 9.84 Å². The molecule has 0 amide bonds. The van der Waals surface area contributed by atoms with E-state index in [2.05, 4.69) is 0 Å². The van der Waals surface area contributed by atoms with Crippen LogP contribution in [0, 0.1) is 0 Å². The highest BCUT2D eigenvalue weighted by Gasteiger charge is 2.65. The largest absolute Gasteiger partial charge is 0.397 e. The summed E-state index contributed by atoms with van der Waals surface area (Å²) in [6.07, 6.45) is 0. The zero-order chi connectivity index (χ0) is 23.5. The summed E-state index contributed by atoms with van der Waals surface area (Å²) in [4.78, 5) is -1.51. The molecule has 0 aromatic heterocycles. The van der Waals surface area contributed by atoms with Crippen molar-refractivity contribution < 1.29 is 21.4 Å². The molecule has 1 aliphatic heterocycles. The smallest absolute Gasteiger partial charge is 0.295 e. The zero-order valence-electron chi connectivity index (χ0n) is 16.6. The van der Waals surface area contributed by atoms with Gasteiger partial charge in [0.2, 0.25) is 4.87 Å². The lowest BCUT2D eigenvalue weighted by Gasteiger charge is -2.39. The maximum Gasteiger partial charge on any atom is 0.295 e. The summed E-state index contributed by atoms with van der Waals surface area (Å²) in [6, 6.07) is 16.3. The lowest BCUT2D eigenvalue weighted by atomic mass is 10.0. The number of fused-ring (bicyclic) bond motifs is 1. The minimum Gasteiger partial charge on any atom is -0.397 e. The Kier molecular flexibility index (Phi) is 5.46. The number of rotatable bonds is 4. The van der Waals surface area contributed by atoms with Gasteiger partial charge in [-0.15, -0.1) is 0 Å². The van der Waals surface area contributed by atoms with Gasteiger partial charge in [0.1, 0.15) is 5.25 Å². The van der Waals surface area contributed by atoms with Crippen molar-refractivity contribution >= 4 is 54.5 Å². The van der Waals surface area contributed by atoms with Crippen LogP contribution in [-0.4, -0.2) is 28.4 Å². The molecule has 0 fully saturated rings. The molecule has 0 saturated carbocycles. The van der Waals surface area contributed by atoms with Crippen LogP contribution >= 0.6 is 23.2 Å². The molecule has 0 aliphatic carbocycles. The number of benzene rings is 3. The first-order valence-corrected chi connectivity index (χ1v) is 13.0. The number of nitrogens with two attached hydrogens (primary N) is 1. The molecule has 168 valence electrons. The minimum atomic E-state index is -5.06. The van der Waals surface area contributed by atoms with Crippen molar-refractivity contribution in [2.24, 2.45) is 0 Å². The Morgan fingerprint density at radius 1 is 0.938 bits per heavy atom. The lowest BCUT2D eigenvalue weighted by molar-refractivity contribution is 0.417. The van der Waals surface area contributed by atoms with E-state index >= 15 is 0 Å². The van der Waals surface area contributed by atoms with Crippen LogP contribution in [-0.2, 0) is 24.8 Å². The van der Waals surface area contributed by atoms with Crippen molar-refractivity contribution in [3.63, 3.8) is 0 Å². The molecule has 0 spiro atoms. The van der Waals surface area contributed by atoms with Gasteiger partial charge < -0.3 is 10.6 Å². The Morgan fingerprint density at radius 3 is 2.16 bits per heavy atom. The number of anilines is 2. The van der Waals surface area contributed by atoms with Gasteiger partial charge in [-0.2, -0.15) is 8.42 Å². The van der Waals surface area contributed by atoms with Crippen molar-refractivity contribution in [2.75, 3.05) is 17.7 Å². The molecule has 0 radical (unpaired) electrons. The average Bonchev–Trinajstić information content (AvgIpc) is 3.02. The lowest BCUT2D eigenvalue weighted by Crippen LogP contribution is -2.52.